The zero-order valence-corrected chi connectivity index (χ0v) is 14.2. The van der Waals surface area contributed by atoms with Crippen LogP contribution in [0.1, 0.15) is 56.1 Å². The standard InChI is InChI=1S/C16H26N4O3/c1-9-6-5-7-10(2)20(9)8-13(21)17-15(16(22)23)14-11(3)18-19-12(14)4/h9-10,15H,5-8H2,1-4H3,(H,17,21)(H,18,19)(H,22,23)/t9-,10+,15-/m0/s1. The number of aromatic amines is 1. The van der Waals surface area contributed by atoms with E-state index >= 15 is 0 Å². The summed E-state index contributed by atoms with van der Waals surface area (Å²) < 4.78 is 0. The van der Waals surface area contributed by atoms with Crippen molar-refractivity contribution >= 4 is 11.9 Å². The van der Waals surface area contributed by atoms with Gasteiger partial charge >= 0.3 is 5.97 Å². The molecule has 1 fully saturated rings. The predicted octanol–water partition coefficient (Wildman–Crippen LogP) is 1.53. The summed E-state index contributed by atoms with van der Waals surface area (Å²) in [7, 11) is 0. The van der Waals surface area contributed by atoms with Crippen LogP contribution in [0.2, 0.25) is 0 Å². The van der Waals surface area contributed by atoms with E-state index in [9.17, 15) is 14.7 Å². The van der Waals surface area contributed by atoms with Gasteiger partial charge < -0.3 is 10.4 Å². The third-order valence-electron chi connectivity index (χ3n) is 4.73. The van der Waals surface area contributed by atoms with E-state index in [0.29, 0.717) is 29.0 Å². The molecule has 3 N–H and O–H groups in total. The number of nitrogens with zero attached hydrogens (tertiary/aromatic N) is 2. The molecule has 0 spiro atoms. The molecule has 1 saturated heterocycles. The summed E-state index contributed by atoms with van der Waals surface area (Å²) in [4.78, 5) is 26.1. The van der Waals surface area contributed by atoms with Crippen molar-refractivity contribution in [3.05, 3.63) is 17.0 Å². The van der Waals surface area contributed by atoms with E-state index in [1.165, 1.54) is 6.42 Å². The van der Waals surface area contributed by atoms with Gasteiger partial charge in [-0.25, -0.2) is 4.79 Å². The number of rotatable bonds is 5. The lowest BCUT2D eigenvalue weighted by atomic mass is 9.97. The molecule has 0 aromatic carbocycles. The number of carboxylic acids is 1. The van der Waals surface area contributed by atoms with Gasteiger partial charge in [0.25, 0.3) is 0 Å². The minimum absolute atomic E-state index is 0.224. The minimum Gasteiger partial charge on any atom is -0.479 e. The van der Waals surface area contributed by atoms with Crippen LogP contribution < -0.4 is 5.32 Å². The third kappa shape index (κ3) is 3.90. The number of carbonyl (C=O) groups is 2. The van der Waals surface area contributed by atoms with Crippen LogP contribution in [0.4, 0.5) is 0 Å². The Morgan fingerprint density at radius 3 is 2.43 bits per heavy atom. The summed E-state index contributed by atoms with van der Waals surface area (Å²) in [5.74, 6) is -1.34. The molecule has 23 heavy (non-hydrogen) atoms. The van der Waals surface area contributed by atoms with E-state index < -0.39 is 12.0 Å². The number of aryl methyl sites for hydroxylation is 2. The van der Waals surface area contributed by atoms with Crippen molar-refractivity contribution in [1.29, 1.82) is 0 Å². The van der Waals surface area contributed by atoms with Gasteiger partial charge in [-0.1, -0.05) is 6.42 Å². The van der Waals surface area contributed by atoms with E-state index in [2.05, 4.69) is 34.3 Å². The SMILES string of the molecule is Cc1n[nH]c(C)c1[C@H](NC(=O)CN1[C@H](C)CCC[C@@H]1C)C(=O)O. The quantitative estimate of drug-likeness (QED) is 0.763. The number of aliphatic carboxylic acids is 1. The fraction of sp³-hybridized carbons (Fsp3) is 0.688. The summed E-state index contributed by atoms with van der Waals surface area (Å²) in [6.07, 6.45) is 3.31. The lowest BCUT2D eigenvalue weighted by Gasteiger charge is -2.38. The van der Waals surface area contributed by atoms with Gasteiger partial charge in [0.2, 0.25) is 5.91 Å². The molecule has 3 atom stereocenters. The lowest BCUT2D eigenvalue weighted by molar-refractivity contribution is -0.142. The average molecular weight is 322 g/mol. The van der Waals surface area contributed by atoms with Gasteiger partial charge in [-0.3, -0.25) is 14.8 Å². The highest BCUT2D eigenvalue weighted by Crippen LogP contribution is 2.23. The summed E-state index contributed by atoms with van der Waals surface area (Å²) >= 11 is 0. The monoisotopic (exact) mass is 322 g/mol. The molecule has 0 bridgehead atoms. The van der Waals surface area contributed by atoms with Crippen molar-refractivity contribution in [3.63, 3.8) is 0 Å². The lowest BCUT2D eigenvalue weighted by Crippen LogP contribution is -2.49. The molecule has 1 amide bonds. The molecule has 2 heterocycles. The maximum absolute atomic E-state index is 12.4. The number of amides is 1. The summed E-state index contributed by atoms with van der Waals surface area (Å²) in [6.45, 7) is 7.94. The molecule has 128 valence electrons. The van der Waals surface area contributed by atoms with Gasteiger partial charge in [-0.15, -0.1) is 0 Å². The second-order valence-electron chi connectivity index (χ2n) is 6.49. The van der Waals surface area contributed by atoms with Crippen molar-refractivity contribution in [2.45, 2.75) is 65.1 Å². The molecule has 1 aromatic heterocycles. The number of carboxylic acid groups (broad SMARTS) is 1. The molecule has 0 saturated carbocycles. The topological polar surface area (TPSA) is 98.3 Å². The number of carbonyl (C=O) groups excluding carboxylic acids is 1. The van der Waals surface area contributed by atoms with Crippen LogP contribution in [0.3, 0.4) is 0 Å². The maximum Gasteiger partial charge on any atom is 0.331 e. The Kier molecular flexibility index (Phi) is 5.41. The number of hydrogen-bond acceptors (Lipinski definition) is 4. The molecule has 0 aliphatic carbocycles. The van der Waals surface area contributed by atoms with Crippen LogP contribution in [0.15, 0.2) is 0 Å². The van der Waals surface area contributed by atoms with Crippen molar-refractivity contribution in [3.8, 4) is 0 Å². The Morgan fingerprint density at radius 2 is 1.96 bits per heavy atom. The van der Waals surface area contributed by atoms with Crippen molar-refractivity contribution < 1.29 is 14.7 Å². The first-order chi connectivity index (χ1) is 10.8. The molecule has 7 heteroatoms. The minimum atomic E-state index is -1.08. The molecule has 2 rings (SSSR count). The average Bonchev–Trinajstić information content (AvgIpc) is 2.80. The van der Waals surface area contributed by atoms with Crippen molar-refractivity contribution in [1.82, 2.24) is 20.4 Å². The first-order valence-electron chi connectivity index (χ1n) is 8.10. The highest BCUT2D eigenvalue weighted by molar-refractivity contribution is 5.86. The van der Waals surface area contributed by atoms with Gasteiger partial charge in [0.15, 0.2) is 6.04 Å². The smallest absolute Gasteiger partial charge is 0.331 e. The number of nitrogens with one attached hydrogen (secondary N) is 2. The molecule has 1 aromatic rings. The highest BCUT2D eigenvalue weighted by atomic mass is 16.4. The Labute approximate surface area is 136 Å². The Bertz CT molecular complexity index is 554. The van der Waals surface area contributed by atoms with E-state index in [0.717, 1.165) is 12.8 Å². The van der Waals surface area contributed by atoms with E-state index in [1.807, 2.05) is 0 Å². The summed E-state index contributed by atoms with van der Waals surface area (Å²) in [5, 5.41) is 18.9. The predicted molar refractivity (Wildman–Crippen MR) is 86.1 cm³/mol. The number of aromatic nitrogens is 2. The van der Waals surface area contributed by atoms with Crippen molar-refractivity contribution in [2.24, 2.45) is 0 Å². The van der Waals surface area contributed by atoms with Crippen LogP contribution in [-0.2, 0) is 9.59 Å². The Balaban J connectivity index is 2.08. The number of piperidine rings is 1. The molecule has 1 aliphatic rings. The Morgan fingerprint density at radius 1 is 1.35 bits per heavy atom. The van der Waals surface area contributed by atoms with Crippen LogP contribution in [0.5, 0.6) is 0 Å². The Hall–Kier alpha value is -1.89. The van der Waals surface area contributed by atoms with Gasteiger partial charge in [0, 0.05) is 23.3 Å². The van der Waals surface area contributed by atoms with Crippen LogP contribution in [0.25, 0.3) is 0 Å². The fourth-order valence-electron chi connectivity index (χ4n) is 3.40. The van der Waals surface area contributed by atoms with Gasteiger partial charge in [0.1, 0.15) is 0 Å². The maximum atomic E-state index is 12.4. The number of likely N-dealkylation sites (tertiary alicyclic amines) is 1. The second-order valence-corrected chi connectivity index (χ2v) is 6.49. The molecular formula is C16H26N4O3. The second kappa shape index (κ2) is 7.12. The zero-order valence-electron chi connectivity index (χ0n) is 14.2. The number of hydrogen-bond donors (Lipinski definition) is 3. The molecule has 7 nitrogen and oxygen atoms in total. The molecular weight excluding hydrogens is 296 g/mol. The summed E-state index contributed by atoms with van der Waals surface area (Å²) in [6, 6.07) is -0.396. The van der Waals surface area contributed by atoms with Crippen LogP contribution >= 0.6 is 0 Å². The summed E-state index contributed by atoms with van der Waals surface area (Å²) in [5.41, 5.74) is 1.79. The third-order valence-corrected chi connectivity index (χ3v) is 4.73. The first kappa shape index (κ1) is 17.5. The van der Waals surface area contributed by atoms with E-state index in [4.69, 9.17) is 0 Å². The largest absolute Gasteiger partial charge is 0.479 e. The van der Waals surface area contributed by atoms with E-state index in [1.54, 1.807) is 13.8 Å². The van der Waals surface area contributed by atoms with E-state index in [-0.39, 0.29) is 12.5 Å². The van der Waals surface area contributed by atoms with Gasteiger partial charge in [-0.05, 0) is 40.5 Å². The highest BCUT2D eigenvalue weighted by Gasteiger charge is 2.30. The molecule has 1 aliphatic heterocycles. The van der Waals surface area contributed by atoms with Crippen LogP contribution in [-0.4, -0.2) is 50.7 Å². The van der Waals surface area contributed by atoms with Crippen LogP contribution in [0, 0.1) is 13.8 Å². The van der Waals surface area contributed by atoms with Crippen molar-refractivity contribution in [2.75, 3.05) is 6.54 Å². The van der Waals surface area contributed by atoms with Gasteiger partial charge in [-0.2, -0.15) is 5.10 Å². The van der Waals surface area contributed by atoms with Gasteiger partial charge in [0.05, 0.1) is 12.2 Å². The molecule has 0 radical (unpaired) electrons. The number of H-pyrrole nitrogens is 1. The first-order valence-corrected chi connectivity index (χ1v) is 8.10. The normalized spacial score (nSPS) is 23.5. The molecule has 0 unspecified atom stereocenters. The zero-order chi connectivity index (χ0) is 17.1. The fourth-order valence-corrected chi connectivity index (χ4v) is 3.40.